The minimum atomic E-state index is 0. The Labute approximate surface area is 137 Å². The van der Waals surface area contributed by atoms with E-state index in [0.29, 0.717) is 12.5 Å². The number of anilines is 1. The molecule has 0 saturated carbocycles. The molecular weight excluding hydrogens is 369 g/mol. The average Bonchev–Trinajstić information content (AvgIpc) is 2.32. The highest BCUT2D eigenvalue weighted by Gasteiger charge is 2.14. The van der Waals surface area contributed by atoms with Gasteiger partial charge in [-0.2, -0.15) is 11.8 Å². The van der Waals surface area contributed by atoms with Gasteiger partial charge in [-0.05, 0) is 57.2 Å². The van der Waals surface area contributed by atoms with Crippen molar-refractivity contribution < 1.29 is 0 Å². The zero-order chi connectivity index (χ0) is 13.8. The molecule has 0 saturated heterocycles. The molecule has 0 aliphatic rings. The second kappa shape index (κ2) is 7.99. The maximum atomic E-state index is 5.89. The Morgan fingerprint density at radius 1 is 1.32 bits per heavy atom. The minimum absolute atomic E-state index is 0. The summed E-state index contributed by atoms with van der Waals surface area (Å²) >= 11 is 1.79. The standard InChI is InChI=1S/C14H23N3S.HI/c1-10-6-7-12(8-11(10)2)17-13(15)16-9-14(3,4)18-5;/h6-8H,9H2,1-5H3,(H3,15,16,17);1H. The third-order valence-electron chi connectivity index (χ3n) is 2.96. The second-order valence-corrected chi connectivity index (χ2v) is 6.60. The molecule has 3 N–H and O–H groups in total. The predicted molar refractivity (Wildman–Crippen MR) is 99.0 cm³/mol. The zero-order valence-electron chi connectivity index (χ0n) is 12.3. The van der Waals surface area contributed by atoms with Crippen LogP contribution < -0.4 is 11.1 Å². The number of hydrogen-bond acceptors (Lipinski definition) is 2. The average molecular weight is 393 g/mol. The molecule has 108 valence electrons. The van der Waals surface area contributed by atoms with Crippen LogP contribution in [0, 0.1) is 13.8 Å². The Morgan fingerprint density at radius 3 is 2.47 bits per heavy atom. The van der Waals surface area contributed by atoms with E-state index in [0.717, 1.165) is 5.69 Å². The largest absolute Gasteiger partial charge is 0.370 e. The fourth-order valence-corrected chi connectivity index (χ4v) is 1.54. The van der Waals surface area contributed by atoms with Gasteiger partial charge in [-0.25, -0.2) is 0 Å². The topological polar surface area (TPSA) is 50.4 Å². The van der Waals surface area contributed by atoms with E-state index in [1.54, 1.807) is 11.8 Å². The van der Waals surface area contributed by atoms with E-state index in [1.165, 1.54) is 11.1 Å². The Hall–Kier alpha value is -0.430. The van der Waals surface area contributed by atoms with Crippen molar-refractivity contribution in [2.45, 2.75) is 32.4 Å². The summed E-state index contributed by atoms with van der Waals surface area (Å²) in [6.45, 7) is 9.20. The van der Waals surface area contributed by atoms with E-state index in [9.17, 15) is 0 Å². The molecule has 0 fully saturated rings. The van der Waals surface area contributed by atoms with E-state index >= 15 is 0 Å². The molecule has 5 heteroatoms. The van der Waals surface area contributed by atoms with Gasteiger partial charge in [-0.15, -0.1) is 24.0 Å². The van der Waals surface area contributed by atoms with Crippen molar-refractivity contribution in [1.82, 2.24) is 0 Å². The van der Waals surface area contributed by atoms with Gasteiger partial charge in [0.25, 0.3) is 0 Å². The number of nitrogens with one attached hydrogen (secondary N) is 1. The van der Waals surface area contributed by atoms with Gasteiger partial charge in [0, 0.05) is 10.4 Å². The fraction of sp³-hybridized carbons (Fsp3) is 0.500. The molecule has 0 amide bonds. The molecule has 1 aromatic carbocycles. The molecule has 0 unspecified atom stereocenters. The molecule has 0 aliphatic heterocycles. The molecule has 0 spiro atoms. The van der Waals surface area contributed by atoms with Crippen molar-refractivity contribution >= 4 is 47.4 Å². The molecular formula is C14H24IN3S. The van der Waals surface area contributed by atoms with Gasteiger partial charge in [-0.1, -0.05) is 6.07 Å². The highest BCUT2D eigenvalue weighted by Crippen LogP contribution is 2.21. The number of nitrogens with zero attached hydrogens (tertiary/aromatic N) is 1. The Bertz CT molecular complexity index is 444. The normalized spacial score (nSPS) is 11.9. The van der Waals surface area contributed by atoms with Gasteiger partial charge in [0.1, 0.15) is 0 Å². The van der Waals surface area contributed by atoms with Crippen molar-refractivity contribution in [2.75, 3.05) is 18.1 Å². The Kier molecular flexibility index (Phi) is 7.81. The lowest BCUT2D eigenvalue weighted by Crippen LogP contribution is -2.27. The molecule has 0 aromatic heterocycles. The van der Waals surface area contributed by atoms with Crippen LogP contribution in [0.2, 0.25) is 0 Å². The maximum Gasteiger partial charge on any atom is 0.193 e. The highest BCUT2D eigenvalue weighted by atomic mass is 127. The lowest BCUT2D eigenvalue weighted by molar-refractivity contribution is 0.726. The summed E-state index contributed by atoms with van der Waals surface area (Å²) in [5, 5.41) is 3.13. The highest BCUT2D eigenvalue weighted by molar-refractivity contribution is 14.0. The summed E-state index contributed by atoms with van der Waals surface area (Å²) in [7, 11) is 0. The summed E-state index contributed by atoms with van der Waals surface area (Å²) in [5.74, 6) is 0.473. The van der Waals surface area contributed by atoms with Crippen LogP contribution in [0.3, 0.4) is 0 Å². The molecule has 1 aromatic rings. The minimum Gasteiger partial charge on any atom is -0.370 e. The third-order valence-corrected chi connectivity index (χ3v) is 4.20. The van der Waals surface area contributed by atoms with E-state index in [1.807, 2.05) is 6.07 Å². The predicted octanol–water partition coefficient (Wildman–Crippen LogP) is 3.79. The number of halogens is 1. The van der Waals surface area contributed by atoms with Gasteiger partial charge in [0.15, 0.2) is 5.96 Å². The number of benzene rings is 1. The SMILES string of the molecule is CSC(C)(C)CN=C(N)Nc1ccc(C)c(C)c1.I. The van der Waals surface area contributed by atoms with Crippen LogP contribution in [-0.2, 0) is 0 Å². The second-order valence-electron chi connectivity index (χ2n) is 5.09. The molecule has 1 rings (SSSR count). The number of hydrogen-bond donors (Lipinski definition) is 2. The quantitative estimate of drug-likeness (QED) is 0.465. The molecule has 0 radical (unpaired) electrons. The fourth-order valence-electron chi connectivity index (χ4n) is 1.35. The van der Waals surface area contributed by atoms with Crippen molar-refractivity contribution in [3.8, 4) is 0 Å². The van der Waals surface area contributed by atoms with E-state index in [-0.39, 0.29) is 28.7 Å². The van der Waals surface area contributed by atoms with Gasteiger partial charge in [-0.3, -0.25) is 4.99 Å². The maximum absolute atomic E-state index is 5.89. The van der Waals surface area contributed by atoms with E-state index < -0.39 is 0 Å². The summed E-state index contributed by atoms with van der Waals surface area (Å²) in [5.41, 5.74) is 9.40. The third kappa shape index (κ3) is 6.51. The van der Waals surface area contributed by atoms with Crippen LogP contribution in [-0.4, -0.2) is 23.5 Å². The Balaban J connectivity index is 0.00000324. The zero-order valence-corrected chi connectivity index (χ0v) is 15.4. The lowest BCUT2D eigenvalue weighted by atomic mass is 10.1. The van der Waals surface area contributed by atoms with Crippen molar-refractivity contribution in [3.05, 3.63) is 29.3 Å². The van der Waals surface area contributed by atoms with Gasteiger partial charge >= 0.3 is 0 Å². The summed E-state index contributed by atoms with van der Waals surface area (Å²) < 4.78 is 0.121. The molecule has 0 aliphatic carbocycles. The van der Waals surface area contributed by atoms with Crippen LogP contribution in [0.4, 0.5) is 5.69 Å². The van der Waals surface area contributed by atoms with Crippen molar-refractivity contribution in [2.24, 2.45) is 10.7 Å². The van der Waals surface area contributed by atoms with Crippen LogP contribution >= 0.6 is 35.7 Å². The number of thioether (sulfide) groups is 1. The van der Waals surface area contributed by atoms with Crippen LogP contribution in [0.25, 0.3) is 0 Å². The number of guanidine groups is 1. The lowest BCUT2D eigenvalue weighted by Gasteiger charge is -2.19. The summed E-state index contributed by atoms with van der Waals surface area (Å²) in [4.78, 5) is 4.38. The van der Waals surface area contributed by atoms with E-state index in [2.05, 4.69) is 56.4 Å². The molecule has 0 atom stereocenters. The number of nitrogens with two attached hydrogens (primary N) is 1. The molecule has 19 heavy (non-hydrogen) atoms. The first-order chi connectivity index (χ1) is 8.34. The first-order valence-corrected chi connectivity index (χ1v) is 7.26. The van der Waals surface area contributed by atoms with Crippen molar-refractivity contribution in [1.29, 1.82) is 0 Å². The summed E-state index contributed by atoms with van der Waals surface area (Å²) in [6.07, 6.45) is 2.09. The summed E-state index contributed by atoms with van der Waals surface area (Å²) in [6, 6.07) is 6.18. The number of aryl methyl sites for hydroxylation is 2. The van der Waals surface area contributed by atoms with Gasteiger partial charge in [0.05, 0.1) is 6.54 Å². The first kappa shape index (κ1) is 18.6. The first-order valence-electron chi connectivity index (χ1n) is 6.03. The van der Waals surface area contributed by atoms with E-state index in [4.69, 9.17) is 5.73 Å². The monoisotopic (exact) mass is 393 g/mol. The van der Waals surface area contributed by atoms with Gasteiger partial charge < -0.3 is 11.1 Å². The number of rotatable bonds is 4. The Morgan fingerprint density at radius 2 is 1.95 bits per heavy atom. The molecule has 0 heterocycles. The molecule has 3 nitrogen and oxygen atoms in total. The van der Waals surface area contributed by atoms with Crippen LogP contribution in [0.1, 0.15) is 25.0 Å². The smallest absolute Gasteiger partial charge is 0.193 e. The van der Waals surface area contributed by atoms with Crippen LogP contribution in [0.15, 0.2) is 23.2 Å². The van der Waals surface area contributed by atoms with Crippen LogP contribution in [0.5, 0.6) is 0 Å². The number of aliphatic imine (C=N–C) groups is 1. The van der Waals surface area contributed by atoms with Crippen molar-refractivity contribution in [3.63, 3.8) is 0 Å². The molecule has 0 bridgehead atoms. The van der Waals surface area contributed by atoms with Gasteiger partial charge in [0.2, 0.25) is 0 Å².